The fourth-order valence-corrected chi connectivity index (χ4v) is 6.22. The number of nitrogens with zero attached hydrogens (tertiary/aromatic N) is 2. The highest BCUT2D eigenvalue weighted by Crippen LogP contribution is 2.34. The van der Waals surface area contributed by atoms with Gasteiger partial charge in [-0.25, -0.2) is 0 Å². The Bertz CT molecular complexity index is 1060. The van der Waals surface area contributed by atoms with Crippen LogP contribution in [-0.4, -0.2) is 52.3 Å². The molecule has 5 nitrogen and oxygen atoms in total. The van der Waals surface area contributed by atoms with Crippen LogP contribution in [0, 0.1) is 0 Å². The molecule has 3 aliphatic rings. The number of piperazine rings is 1. The summed E-state index contributed by atoms with van der Waals surface area (Å²) in [5.74, 6) is 0.0596. The Morgan fingerprint density at radius 1 is 1.03 bits per heavy atom. The highest BCUT2D eigenvalue weighted by molar-refractivity contribution is 6.30. The van der Waals surface area contributed by atoms with Crippen LogP contribution in [0.5, 0.6) is 0 Å². The molecular weight excluding hydrogens is 458 g/mol. The number of benzene rings is 2. The fourth-order valence-electron chi connectivity index (χ4n) is 6.10. The minimum absolute atomic E-state index is 0.00818. The van der Waals surface area contributed by atoms with Gasteiger partial charge < -0.3 is 10.2 Å². The van der Waals surface area contributed by atoms with Crippen molar-refractivity contribution in [2.45, 2.75) is 82.5 Å². The summed E-state index contributed by atoms with van der Waals surface area (Å²) in [4.78, 5) is 32.0. The van der Waals surface area contributed by atoms with E-state index in [4.69, 9.17) is 11.6 Å². The molecule has 186 valence electrons. The van der Waals surface area contributed by atoms with E-state index >= 15 is 0 Å². The first kappa shape index (κ1) is 24.3. The molecule has 0 spiro atoms. The molecule has 35 heavy (non-hydrogen) atoms. The summed E-state index contributed by atoms with van der Waals surface area (Å²) in [6.07, 6.45) is 8.25. The predicted octanol–water partition coefficient (Wildman–Crippen LogP) is 4.75. The van der Waals surface area contributed by atoms with Gasteiger partial charge in [-0.1, -0.05) is 73.7 Å². The van der Waals surface area contributed by atoms with E-state index in [1.165, 1.54) is 24.0 Å². The van der Waals surface area contributed by atoms with Crippen LogP contribution in [0.15, 0.2) is 48.5 Å². The average Bonchev–Trinajstić information content (AvgIpc) is 3.13. The largest absolute Gasteiger partial charge is 0.351 e. The first-order chi connectivity index (χ1) is 16.9. The van der Waals surface area contributed by atoms with E-state index < -0.39 is 5.54 Å². The van der Waals surface area contributed by atoms with E-state index in [1.807, 2.05) is 42.2 Å². The van der Waals surface area contributed by atoms with E-state index in [9.17, 15) is 9.59 Å². The molecule has 2 aliphatic heterocycles. The molecular formula is C29H36ClN3O2. The van der Waals surface area contributed by atoms with Gasteiger partial charge in [-0.05, 0) is 61.4 Å². The Kier molecular flexibility index (Phi) is 7.17. The third-order valence-electron chi connectivity index (χ3n) is 8.22. The monoisotopic (exact) mass is 493 g/mol. The van der Waals surface area contributed by atoms with E-state index in [-0.39, 0.29) is 23.9 Å². The lowest BCUT2D eigenvalue weighted by Gasteiger charge is -2.52. The van der Waals surface area contributed by atoms with Gasteiger partial charge in [0.2, 0.25) is 11.8 Å². The summed E-state index contributed by atoms with van der Waals surface area (Å²) in [6.45, 7) is 3.75. The Labute approximate surface area is 213 Å². The number of carbonyl (C=O) groups is 2. The normalized spacial score (nSPS) is 25.5. The molecule has 2 fully saturated rings. The summed E-state index contributed by atoms with van der Waals surface area (Å²) in [5, 5.41) is 4.06. The molecule has 2 heterocycles. The van der Waals surface area contributed by atoms with Crippen LogP contribution >= 0.6 is 11.6 Å². The quantitative estimate of drug-likeness (QED) is 0.611. The second-order valence-corrected chi connectivity index (χ2v) is 11.1. The molecule has 1 saturated heterocycles. The number of amides is 2. The van der Waals surface area contributed by atoms with Gasteiger partial charge in [-0.3, -0.25) is 14.5 Å². The zero-order valence-corrected chi connectivity index (χ0v) is 21.4. The summed E-state index contributed by atoms with van der Waals surface area (Å²) in [7, 11) is 0. The van der Waals surface area contributed by atoms with Gasteiger partial charge in [0.1, 0.15) is 5.54 Å². The van der Waals surface area contributed by atoms with Crippen molar-refractivity contribution < 1.29 is 9.59 Å². The second kappa shape index (κ2) is 10.3. The highest BCUT2D eigenvalue weighted by atomic mass is 35.5. The second-order valence-electron chi connectivity index (χ2n) is 10.7. The van der Waals surface area contributed by atoms with Gasteiger partial charge in [0.15, 0.2) is 0 Å². The Morgan fingerprint density at radius 3 is 2.43 bits per heavy atom. The molecule has 1 saturated carbocycles. The maximum absolute atomic E-state index is 14.0. The first-order valence-electron chi connectivity index (χ1n) is 13.1. The highest BCUT2D eigenvalue weighted by Gasteiger charge is 2.52. The number of nitrogens with one attached hydrogen (secondary N) is 1. The average molecular weight is 494 g/mol. The van der Waals surface area contributed by atoms with Crippen molar-refractivity contribution in [2.24, 2.45) is 0 Å². The van der Waals surface area contributed by atoms with Crippen molar-refractivity contribution in [1.82, 2.24) is 15.1 Å². The lowest BCUT2D eigenvalue weighted by atomic mass is 9.85. The predicted molar refractivity (Wildman–Crippen MR) is 139 cm³/mol. The van der Waals surface area contributed by atoms with Gasteiger partial charge >= 0.3 is 0 Å². The van der Waals surface area contributed by atoms with E-state index in [2.05, 4.69) is 28.4 Å². The zero-order chi connectivity index (χ0) is 24.4. The van der Waals surface area contributed by atoms with E-state index in [0.29, 0.717) is 37.5 Å². The minimum Gasteiger partial charge on any atom is -0.351 e. The molecule has 0 bridgehead atoms. The molecule has 2 aromatic carbocycles. The minimum atomic E-state index is -0.904. The fraction of sp³-hybridized carbons (Fsp3) is 0.517. The standard InChI is InChI=1S/C29H36ClN3O2/c1-29(28(35)31-25-10-4-2-3-5-11-25)20-32-19-23-9-7-6-8-22(23)18-26(32)27(34)33(29)17-16-21-12-14-24(30)15-13-21/h6-9,12-15,25-26H,2-5,10-11,16-20H2,1H3,(H,31,35)/t26-,29-/m0/s1. The number of rotatable bonds is 5. The number of fused-ring (bicyclic) bond motifs is 2. The van der Waals surface area contributed by atoms with E-state index in [0.717, 1.165) is 31.2 Å². The molecule has 2 aromatic rings. The van der Waals surface area contributed by atoms with Crippen molar-refractivity contribution in [3.8, 4) is 0 Å². The van der Waals surface area contributed by atoms with Gasteiger partial charge in [0, 0.05) is 30.7 Å². The summed E-state index contributed by atoms with van der Waals surface area (Å²) in [5.41, 5.74) is 2.72. The third-order valence-corrected chi connectivity index (χ3v) is 8.47. The van der Waals surface area contributed by atoms with Gasteiger partial charge in [0.05, 0.1) is 6.04 Å². The lowest BCUT2D eigenvalue weighted by Crippen LogP contribution is -2.73. The number of halogens is 1. The molecule has 5 rings (SSSR count). The first-order valence-corrected chi connectivity index (χ1v) is 13.5. The van der Waals surface area contributed by atoms with Crippen LogP contribution in [0.1, 0.15) is 62.1 Å². The van der Waals surface area contributed by atoms with Gasteiger partial charge in [-0.2, -0.15) is 0 Å². The molecule has 2 amide bonds. The van der Waals surface area contributed by atoms with Crippen LogP contribution in [0.2, 0.25) is 5.02 Å². The van der Waals surface area contributed by atoms with Crippen molar-refractivity contribution in [3.63, 3.8) is 0 Å². The summed E-state index contributed by atoms with van der Waals surface area (Å²) >= 11 is 6.07. The third kappa shape index (κ3) is 5.12. The Morgan fingerprint density at radius 2 is 1.71 bits per heavy atom. The van der Waals surface area contributed by atoms with Crippen molar-refractivity contribution in [1.29, 1.82) is 0 Å². The van der Waals surface area contributed by atoms with Crippen LogP contribution in [0.3, 0.4) is 0 Å². The number of hydrogen-bond donors (Lipinski definition) is 1. The Hall–Kier alpha value is -2.37. The smallest absolute Gasteiger partial charge is 0.247 e. The topological polar surface area (TPSA) is 52.7 Å². The maximum Gasteiger partial charge on any atom is 0.247 e. The molecule has 0 radical (unpaired) electrons. The SMILES string of the molecule is C[C@@]1(C(=O)NC2CCCCCC2)CN2Cc3ccccc3C[C@H]2C(=O)N1CCc1ccc(Cl)cc1. The Balaban J connectivity index is 1.41. The molecule has 1 N–H and O–H groups in total. The van der Waals surface area contributed by atoms with Crippen LogP contribution in [-0.2, 0) is 29.0 Å². The zero-order valence-electron chi connectivity index (χ0n) is 20.6. The lowest BCUT2D eigenvalue weighted by molar-refractivity contribution is -0.162. The summed E-state index contributed by atoms with van der Waals surface area (Å²) in [6, 6.07) is 16.1. The van der Waals surface area contributed by atoms with E-state index in [1.54, 1.807) is 0 Å². The molecule has 0 unspecified atom stereocenters. The molecule has 1 aliphatic carbocycles. The number of carbonyl (C=O) groups excluding carboxylic acids is 2. The van der Waals surface area contributed by atoms with Gasteiger partial charge in [0.25, 0.3) is 0 Å². The van der Waals surface area contributed by atoms with Crippen LogP contribution in [0.25, 0.3) is 0 Å². The van der Waals surface area contributed by atoms with Crippen molar-refractivity contribution >= 4 is 23.4 Å². The van der Waals surface area contributed by atoms with Crippen molar-refractivity contribution in [2.75, 3.05) is 13.1 Å². The van der Waals surface area contributed by atoms with Crippen LogP contribution in [0.4, 0.5) is 0 Å². The molecule has 0 aromatic heterocycles. The van der Waals surface area contributed by atoms with Crippen LogP contribution < -0.4 is 5.32 Å². The van der Waals surface area contributed by atoms with Gasteiger partial charge in [-0.15, -0.1) is 0 Å². The number of hydrogen-bond acceptors (Lipinski definition) is 3. The maximum atomic E-state index is 14.0. The van der Waals surface area contributed by atoms with Crippen molar-refractivity contribution in [3.05, 3.63) is 70.2 Å². The molecule has 6 heteroatoms. The molecule has 2 atom stereocenters. The summed E-state index contributed by atoms with van der Waals surface area (Å²) < 4.78 is 0.